The van der Waals surface area contributed by atoms with Crippen molar-refractivity contribution in [2.75, 3.05) is 18.0 Å². The largest absolute Gasteiger partial charge is 0.367 e. The highest BCUT2D eigenvalue weighted by Crippen LogP contribution is 2.27. The van der Waals surface area contributed by atoms with Crippen molar-refractivity contribution in [2.24, 2.45) is 0 Å². The van der Waals surface area contributed by atoms with Crippen molar-refractivity contribution in [1.82, 2.24) is 5.32 Å². The Bertz CT molecular complexity index is 429. The molecule has 0 bridgehead atoms. The molecule has 1 aliphatic heterocycles. The van der Waals surface area contributed by atoms with E-state index in [0.717, 1.165) is 38.8 Å². The van der Waals surface area contributed by atoms with Crippen molar-refractivity contribution in [3.8, 4) is 0 Å². The van der Waals surface area contributed by atoms with E-state index in [-0.39, 0.29) is 5.69 Å². The van der Waals surface area contributed by atoms with E-state index in [4.69, 9.17) is 0 Å². The predicted molar refractivity (Wildman–Crippen MR) is 83.6 cm³/mol. The lowest BCUT2D eigenvalue weighted by atomic mass is 10.1. The second-order valence-electron chi connectivity index (χ2n) is 6.20. The molecule has 1 aromatic rings. The van der Waals surface area contributed by atoms with Crippen molar-refractivity contribution >= 4 is 5.69 Å². The van der Waals surface area contributed by atoms with E-state index in [9.17, 15) is 8.78 Å². The van der Waals surface area contributed by atoms with Gasteiger partial charge in [0.1, 0.15) is 17.3 Å². The molecule has 2 nitrogen and oxygen atoms in total. The van der Waals surface area contributed by atoms with Crippen LogP contribution in [0.15, 0.2) is 12.1 Å². The van der Waals surface area contributed by atoms with Crippen molar-refractivity contribution in [3.05, 3.63) is 29.3 Å². The van der Waals surface area contributed by atoms with Gasteiger partial charge in [0.25, 0.3) is 0 Å². The lowest BCUT2D eigenvalue weighted by Crippen LogP contribution is -2.29. The maximum absolute atomic E-state index is 14.3. The van der Waals surface area contributed by atoms with Crippen LogP contribution in [-0.4, -0.2) is 19.1 Å². The van der Waals surface area contributed by atoms with E-state index in [1.165, 1.54) is 18.6 Å². The molecular weight excluding hydrogens is 270 g/mol. The minimum absolute atomic E-state index is 0.158. The Morgan fingerprint density at radius 2 is 1.52 bits per heavy atom. The van der Waals surface area contributed by atoms with Gasteiger partial charge in [0, 0.05) is 25.7 Å². The molecule has 0 spiro atoms. The van der Waals surface area contributed by atoms with Crippen LogP contribution < -0.4 is 10.2 Å². The monoisotopic (exact) mass is 296 g/mol. The maximum Gasteiger partial charge on any atom is 0.149 e. The van der Waals surface area contributed by atoms with Gasteiger partial charge in [-0.1, -0.05) is 33.1 Å². The van der Waals surface area contributed by atoms with Gasteiger partial charge in [-0.25, -0.2) is 8.78 Å². The lowest BCUT2D eigenvalue weighted by molar-refractivity contribution is 0.522. The zero-order valence-electron chi connectivity index (χ0n) is 13.1. The van der Waals surface area contributed by atoms with Crippen molar-refractivity contribution < 1.29 is 8.78 Å². The summed E-state index contributed by atoms with van der Waals surface area (Å²) in [6.07, 6.45) is 5.55. The summed E-state index contributed by atoms with van der Waals surface area (Å²) in [5.74, 6) is -0.868. The molecule has 0 radical (unpaired) electrons. The zero-order chi connectivity index (χ0) is 15.2. The molecule has 0 aromatic heterocycles. The van der Waals surface area contributed by atoms with Crippen LogP contribution in [0.4, 0.5) is 14.5 Å². The van der Waals surface area contributed by atoms with Crippen LogP contribution >= 0.6 is 0 Å². The second kappa shape index (κ2) is 7.74. The van der Waals surface area contributed by atoms with Gasteiger partial charge in [0.2, 0.25) is 0 Å². The minimum Gasteiger partial charge on any atom is -0.367 e. The van der Waals surface area contributed by atoms with Crippen molar-refractivity contribution in [2.45, 2.75) is 58.5 Å². The molecule has 0 amide bonds. The molecule has 118 valence electrons. The molecule has 1 heterocycles. The van der Waals surface area contributed by atoms with E-state index in [1.807, 2.05) is 18.7 Å². The Morgan fingerprint density at radius 3 is 2.05 bits per heavy atom. The predicted octanol–water partition coefficient (Wildman–Crippen LogP) is 4.23. The number of rotatable bonds is 4. The summed E-state index contributed by atoms with van der Waals surface area (Å²) < 4.78 is 28.7. The number of hydrogen-bond acceptors (Lipinski definition) is 2. The average molecular weight is 296 g/mol. The normalized spacial score (nSPS) is 16.9. The molecule has 0 atom stereocenters. The van der Waals surface area contributed by atoms with E-state index >= 15 is 0 Å². The van der Waals surface area contributed by atoms with Gasteiger partial charge in [0.15, 0.2) is 0 Å². The zero-order valence-corrected chi connectivity index (χ0v) is 13.1. The SMILES string of the molecule is CC(C)NCc1cc(F)c(N2CCCCCCC2)c(F)c1. The fourth-order valence-corrected chi connectivity index (χ4v) is 2.82. The Morgan fingerprint density at radius 1 is 1.00 bits per heavy atom. The van der Waals surface area contributed by atoms with Gasteiger partial charge in [-0.2, -0.15) is 0 Å². The fourth-order valence-electron chi connectivity index (χ4n) is 2.82. The number of benzene rings is 1. The molecule has 1 aliphatic rings. The van der Waals surface area contributed by atoms with Crippen LogP contribution in [0.25, 0.3) is 0 Å². The van der Waals surface area contributed by atoms with E-state index in [1.54, 1.807) is 0 Å². The summed E-state index contributed by atoms with van der Waals surface area (Å²) in [4.78, 5) is 1.88. The van der Waals surface area contributed by atoms with Crippen LogP contribution in [0, 0.1) is 11.6 Å². The van der Waals surface area contributed by atoms with Gasteiger partial charge in [-0.05, 0) is 30.5 Å². The topological polar surface area (TPSA) is 15.3 Å². The van der Waals surface area contributed by atoms with Crippen molar-refractivity contribution in [1.29, 1.82) is 0 Å². The Labute approximate surface area is 126 Å². The van der Waals surface area contributed by atoms with Gasteiger partial charge < -0.3 is 10.2 Å². The van der Waals surface area contributed by atoms with Crippen LogP contribution in [0.2, 0.25) is 0 Å². The smallest absolute Gasteiger partial charge is 0.149 e. The first kappa shape index (κ1) is 16.2. The summed E-state index contributed by atoms with van der Waals surface area (Å²) in [5.41, 5.74) is 0.819. The quantitative estimate of drug-likeness (QED) is 0.894. The Balaban J connectivity index is 2.15. The van der Waals surface area contributed by atoms with Crippen LogP contribution in [-0.2, 0) is 6.54 Å². The third-order valence-electron chi connectivity index (χ3n) is 3.96. The van der Waals surface area contributed by atoms with Gasteiger partial charge in [-0.3, -0.25) is 0 Å². The minimum atomic E-state index is -0.434. The van der Waals surface area contributed by atoms with Crippen LogP contribution in [0.3, 0.4) is 0 Å². The first-order valence-electron chi connectivity index (χ1n) is 8.04. The van der Waals surface area contributed by atoms with Gasteiger partial charge >= 0.3 is 0 Å². The van der Waals surface area contributed by atoms with Crippen LogP contribution in [0.5, 0.6) is 0 Å². The number of nitrogens with zero attached hydrogens (tertiary/aromatic N) is 1. The molecule has 0 unspecified atom stereocenters. The molecule has 2 rings (SSSR count). The molecule has 1 fully saturated rings. The number of halogens is 2. The summed E-state index contributed by atoms with van der Waals surface area (Å²) >= 11 is 0. The molecular formula is C17H26F2N2. The highest BCUT2D eigenvalue weighted by Gasteiger charge is 2.18. The highest BCUT2D eigenvalue weighted by molar-refractivity contribution is 5.50. The number of anilines is 1. The van der Waals surface area contributed by atoms with E-state index in [2.05, 4.69) is 5.32 Å². The third kappa shape index (κ3) is 4.67. The van der Waals surface area contributed by atoms with Crippen LogP contribution in [0.1, 0.15) is 51.5 Å². The summed E-state index contributed by atoms with van der Waals surface area (Å²) in [6, 6.07) is 3.23. The average Bonchev–Trinajstić information content (AvgIpc) is 2.37. The molecule has 4 heteroatoms. The summed E-state index contributed by atoms with van der Waals surface area (Å²) in [7, 11) is 0. The Hall–Kier alpha value is -1.16. The molecule has 1 saturated heterocycles. The van der Waals surface area contributed by atoms with Gasteiger partial charge in [0.05, 0.1) is 0 Å². The highest BCUT2D eigenvalue weighted by atomic mass is 19.1. The van der Waals surface area contributed by atoms with E-state index in [0.29, 0.717) is 18.2 Å². The first-order valence-corrected chi connectivity index (χ1v) is 8.04. The standard InChI is InChI=1S/C17H26F2N2/c1-13(2)20-12-14-10-15(18)17(16(19)11-14)21-8-6-4-3-5-7-9-21/h10-11,13,20H,3-9,12H2,1-2H3. The Kier molecular flexibility index (Phi) is 5.97. The third-order valence-corrected chi connectivity index (χ3v) is 3.96. The molecule has 0 aliphatic carbocycles. The van der Waals surface area contributed by atoms with Gasteiger partial charge in [-0.15, -0.1) is 0 Å². The number of hydrogen-bond donors (Lipinski definition) is 1. The number of nitrogens with one attached hydrogen (secondary N) is 1. The molecule has 21 heavy (non-hydrogen) atoms. The summed E-state index contributed by atoms with van der Waals surface area (Å²) in [6.45, 7) is 6.02. The summed E-state index contributed by atoms with van der Waals surface area (Å²) in [5, 5.41) is 3.19. The second-order valence-corrected chi connectivity index (χ2v) is 6.20. The van der Waals surface area contributed by atoms with Crippen molar-refractivity contribution in [3.63, 3.8) is 0 Å². The first-order chi connectivity index (χ1) is 10.1. The molecule has 0 saturated carbocycles. The molecule has 1 aromatic carbocycles. The molecule has 1 N–H and O–H groups in total. The lowest BCUT2D eigenvalue weighted by Gasteiger charge is -2.28. The fraction of sp³-hybridized carbons (Fsp3) is 0.647. The maximum atomic E-state index is 14.3. The van der Waals surface area contributed by atoms with E-state index < -0.39 is 11.6 Å².